The number of carboxylic acid groups (broad SMARTS) is 1. The highest BCUT2D eigenvalue weighted by Gasteiger charge is 2.31. The minimum absolute atomic E-state index is 0.113. The summed E-state index contributed by atoms with van der Waals surface area (Å²) in [4.78, 5) is 15.6. The third kappa shape index (κ3) is 1.99. The lowest BCUT2D eigenvalue weighted by molar-refractivity contribution is 0.0697. The van der Waals surface area contributed by atoms with Gasteiger partial charge in [0.1, 0.15) is 5.82 Å². The number of carboxylic acids is 1. The molecule has 1 heterocycles. The molecule has 0 amide bonds. The van der Waals surface area contributed by atoms with Crippen LogP contribution in [0.3, 0.4) is 0 Å². The van der Waals surface area contributed by atoms with Crippen molar-refractivity contribution in [2.24, 2.45) is 0 Å². The number of nitrogens with zero attached hydrogens (tertiary/aromatic N) is 2. The number of benzene rings is 1. The van der Waals surface area contributed by atoms with Gasteiger partial charge in [0.2, 0.25) is 0 Å². The van der Waals surface area contributed by atoms with E-state index in [2.05, 4.69) is 16.5 Å². The Morgan fingerprint density at radius 1 is 1.30 bits per heavy atom. The second-order valence-electron chi connectivity index (χ2n) is 6.06. The van der Waals surface area contributed by atoms with Crippen molar-refractivity contribution in [3.8, 4) is 0 Å². The predicted octanol–water partition coefficient (Wildman–Crippen LogP) is 3.72. The highest BCUT2D eigenvalue weighted by atomic mass is 16.4. The minimum atomic E-state index is -0.900. The van der Waals surface area contributed by atoms with Gasteiger partial charge in [0, 0.05) is 5.54 Å². The number of rotatable bonds is 2. The van der Waals surface area contributed by atoms with Gasteiger partial charge >= 0.3 is 5.97 Å². The van der Waals surface area contributed by atoms with Crippen LogP contribution in [0.15, 0.2) is 18.2 Å². The molecular weight excluding hydrogens is 252 g/mol. The largest absolute Gasteiger partial charge is 0.478 e. The first-order valence-electron chi connectivity index (χ1n) is 7.24. The van der Waals surface area contributed by atoms with Crippen molar-refractivity contribution < 1.29 is 9.90 Å². The van der Waals surface area contributed by atoms with Gasteiger partial charge < -0.3 is 9.67 Å². The zero-order chi connectivity index (χ0) is 14.3. The summed E-state index contributed by atoms with van der Waals surface area (Å²) < 4.78 is 2.31. The normalized spacial score (nSPS) is 18.3. The SMILES string of the molecule is Cc1nc2cc(C(=O)O)ccc2n1C1(C)CCCCC1. The van der Waals surface area contributed by atoms with E-state index in [-0.39, 0.29) is 5.54 Å². The second-order valence-corrected chi connectivity index (χ2v) is 6.06. The van der Waals surface area contributed by atoms with Crippen molar-refractivity contribution in [2.75, 3.05) is 0 Å². The first kappa shape index (κ1) is 13.2. The molecule has 1 aromatic carbocycles. The van der Waals surface area contributed by atoms with E-state index in [9.17, 15) is 4.79 Å². The lowest BCUT2D eigenvalue weighted by atomic mass is 9.83. The molecule has 0 spiro atoms. The van der Waals surface area contributed by atoms with E-state index in [4.69, 9.17) is 5.11 Å². The van der Waals surface area contributed by atoms with Crippen LogP contribution in [0.4, 0.5) is 0 Å². The van der Waals surface area contributed by atoms with E-state index in [1.54, 1.807) is 12.1 Å². The Balaban J connectivity index is 2.16. The van der Waals surface area contributed by atoms with E-state index in [0.717, 1.165) is 16.9 Å². The average molecular weight is 272 g/mol. The van der Waals surface area contributed by atoms with Gasteiger partial charge in [-0.2, -0.15) is 0 Å². The van der Waals surface area contributed by atoms with Crippen molar-refractivity contribution in [1.29, 1.82) is 0 Å². The molecule has 0 bridgehead atoms. The fourth-order valence-electron chi connectivity index (χ4n) is 3.55. The number of aromatic carboxylic acids is 1. The molecule has 3 rings (SSSR count). The second kappa shape index (κ2) is 4.62. The zero-order valence-electron chi connectivity index (χ0n) is 12.0. The Bertz CT molecular complexity index is 666. The molecule has 0 unspecified atom stereocenters. The zero-order valence-corrected chi connectivity index (χ0v) is 12.0. The number of hydrogen-bond donors (Lipinski definition) is 1. The molecule has 0 saturated heterocycles. The summed E-state index contributed by atoms with van der Waals surface area (Å²) in [7, 11) is 0. The van der Waals surface area contributed by atoms with Crippen LogP contribution in [0.2, 0.25) is 0 Å². The molecule has 1 aliphatic rings. The topological polar surface area (TPSA) is 55.1 Å². The van der Waals surface area contributed by atoms with Crippen LogP contribution in [-0.2, 0) is 5.54 Å². The molecule has 1 saturated carbocycles. The Hall–Kier alpha value is -1.84. The molecule has 0 radical (unpaired) electrons. The summed E-state index contributed by atoms with van der Waals surface area (Å²) in [6.45, 7) is 4.31. The number of imidazole rings is 1. The molecule has 2 aromatic rings. The van der Waals surface area contributed by atoms with Crippen molar-refractivity contribution in [3.63, 3.8) is 0 Å². The van der Waals surface area contributed by atoms with Gasteiger partial charge in [-0.15, -0.1) is 0 Å². The van der Waals surface area contributed by atoms with Gasteiger partial charge in [0.25, 0.3) is 0 Å². The van der Waals surface area contributed by atoms with Crippen LogP contribution in [0.1, 0.15) is 55.2 Å². The van der Waals surface area contributed by atoms with Gasteiger partial charge in [0.15, 0.2) is 0 Å². The summed E-state index contributed by atoms with van der Waals surface area (Å²) in [5.74, 6) is 0.0786. The molecule has 1 aromatic heterocycles. The minimum Gasteiger partial charge on any atom is -0.478 e. The summed E-state index contributed by atoms with van der Waals surface area (Å²) >= 11 is 0. The summed E-state index contributed by atoms with van der Waals surface area (Å²) in [6.07, 6.45) is 6.15. The number of aromatic nitrogens is 2. The van der Waals surface area contributed by atoms with Gasteiger partial charge in [0.05, 0.1) is 16.6 Å². The van der Waals surface area contributed by atoms with Crippen LogP contribution >= 0.6 is 0 Å². The highest BCUT2D eigenvalue weighted by molar-refractivity contribution is 5.92. The summed E-state index contributed by atoms with van der Waals surface area (Å²) in [6, 6.07) is 5.25. The molecule has 20 heavy (non-hydrogen) atoms. The van der Waals surface area contributed by atoms with Crippen LogP contribution in [-0.4, -0.2) is 20.6 Å². The van der Waals surface area contributed by atoms with Gasteiger partial charge in [-0.3, -0.25) is 0 Å². The quantitative estimate of drug-likeness (QED) is 0.906. The Kier molecular flexibility index (Phi) is 3.04. The Labute approximate surface area is 118 Å². The van der Waals surface area contributed by atoms with Crippen LogP contribution in [0.5, 0.6) is 0 Å². The molecule has 1 N–H and O–H groups in total. The van der Waals surface area contributed by atoms with Gasteiger partial charge in [-0.25, -0.2) is 9.78 Å². The van der Waals surface area contributed by atoms with Crippen LogP contribution in [0.25, 0.3) is 11.0 Å². The molecule has 4 nitrogen and oxygen atoms in total. The molecule has 106 valence electrons. The van der Waals surface area contributed by atoms with Crippen molar-refractivity contribution >= 4 is 17.0 Å². The van der Waals surface area contributed by atoms with E-state index < -0.39 is 5.97 Å². The molecule has 0 aliphatic heterocycles. The first-order chi connectivity index (χ1) is 9.51. The van der Waals surface area contributed by atoms with Gasteiger partial charge in [-0.05, 0) is 44.9 Å². The Morgan fingerprint density at radius 2 is 2.00 bits per heavy atom. The van der Waals surface area contributed by atoms with E-state index in [1.165, 1.54) is 32.1 Å². The van der Waals surface area contributed by atoms with Crippen molar-refractivity contribution in [1.82, 2.24) is 9.55 Å². The summed E-state index contributed by atoms with van der Waals surface area (Å²) in [5, 5.41) is 9.09. The first-order valence-corrected chi connectivity index (χ1v) is 7.24. The van der Waals surface area contributed by atoms with Crippen LogP contribution < -0.4 is 0 Å². The molecule has 1 aliphatic carbocycles. The number of aryl methyl sites for hydroxylation is 1. The predicted molar refractivity (Wildman–Crippen MR) is 78.2 cm³/mol. The molecule has 0 atom stereocenters. The number of hydrogen-bond acceptors (Lipinski definition) is 2. The number of fused-ring (bicyclic) bond motifs is 1. The third-order valence-corrected chi connectivity index (χ3v) is 4.54. The van der Waals surface area contributed by atoms with Gasteiger partial charge in [-0.1, -0.05) is 19.3 Å². The molecular formula is C16H20N2O2. The molecule has 1 fully saturated rings. The van der Waals surface area contributed by atoms with Crippen molar-refractivity contribution in [3.05, 3.63) is 29.6 Å². The maximum absolute atomic E-state index is 11.1. The van der Waals surface area contributed by atoms with Crippen LogP contribution in [0, 0.1) is 6.92 Å². The average Bonchev–Trinajstić information content (AvgIpc) is 2.74. The lowest BCUT2D eigenvalue weighted by Gasteiger charge is -2.36. The summed E-state index contributed by atoms with van der Waals surface area (Å²) in [5.41, 5.74) is 2.25. The maximum Gasteiger partial charge on any atom is 0.335 e. The van der Waals surface area contributed by atoms with E-state index >= 15 is 0 Å². The van der Waals surface area contributed by atoms with E-state index in [0.29, 0.717) is 5.56 Å². The third-order valence-electron chi connectivity index (χ3n) is 4.54. The Morgan fingerprint density at radius 3 is 2.65 bits per heavy atom. The monoisotopic (exact) mass is 272 g/mol. The fraction of sp³-hybridized carbons (Fsp3) is 0.500. The lowest BCUT2D eigenvalue weighted by Crippen LogP contribution is -2.33. The molecule has 4 heteroatoms. The maximum atomic E-state index is 11.1. The standard InChI is InChI=1S/C16H20N2O2/c1-11-17-13-10-12(15(19)20)6-7-14(13)18(11)16(2)8-4-3-5-9-16/h6-7,10H,3-5,8-9H2,1-2H3,(H,19,20). The van der Waals surface area contributed by atoms with E-state index in [1.807, 2.05) is 13.0 Å². The smallest absolute Gasteiger partial charge is 0.335 e. The highest BCUT2D eigenvalue weighted by Crippen LogP contribution is 2.37. The fourth-order valence-corrected chi connectivity index (χ4v) is 3.55. The van der Waals surface area contributed by atoms with Crippen molar-refractivity contribution in [2.45, 2.75) is 51.5 Å². The number of carbonyl (C=O) groups is 1.